The van der Waals surface area contributed by atoms with Crippen LogP contribution in [0.2, 0.25) is 0 Å². The number of hydrogen-bond donors (Lipinski definition) is 2. The number of nitrogens with one attached hydrogen (secondary N) is 1. The molecule has 0 saturated heterocycles. The van der Waals surface area contributed by atoms with E-state index in [2.05, 4.69) is 5.32 Å². The number of rotatable bonds is 9. The molecule has 1 aliphatic carbocycles. The average molecular weight is 217 g/mol. The lowest BCUT2D eigenvalue weighted by Crippen LogP contribution is -2.41. The summed E-state index contributed by atoms with van der Waals surface area (Å²) in [4.78, 5) is 10.8. The summed E-state index contributed by atoms with van der Waals surface area (Å²) in [5, 5.41) is 11.9. The third-order valence-corrected chi connectivity index (χ3v) is 2.23. The second-order valence-corrected chi connectivity index (χ2v) is 3.75. The summed E-state index contributed by atoms with van der Waals surface area (Å²) in [6.07, 6.45) is 2.95. The molecule has 2 N–H and O–H groups in total. The summed E-state index contributed by atoms with van der Waals surface area (Å²) < 4.78 is 10.1. The van der Waals surface area contributed by atoms with E-state index in [4.69, 9.17) is 14.6 Å². The van der Waals surface area contributed by atoms with Crippen molar-refractivity contribution in [2.24, 2.45) is 0 Å². The van der Waals surface area contributed by atoms with Crippen LogP contribution in [0, 0.1) is 0 Å². The van der Waals surface area contributed by atoms with Crippen molar-refractivity contribution in [3.8, 4) is 0 Å². The molecular weight excluding hydrogens is 198 g/mol. The first-order valence-electron chi connectivity index (χ1n) is 5.29. The highest BCUT2D eigenvalue weighted by Crippen LogP contribution is 2.19. The molecule has 5 nitrogen and oxygen atoms in total. The van der Waals surface area contributed by atoms with E-state index in [0.29, 0.717) is 19.3 Å². The number of methoxy groups -OCH3 is 1. The molecule has 0 bridgehead atoms. The van der Waals surface area contributed by atoms with E-state index in [0.717, 1.165) is 19.3 Å². The van der Waals surface area contributed by atoms with Gasteiger partial charge in [-0.25, -0.2) is 0 Å². The third-order valence-electron chi connectivity index (χ3n) is 2.23. The second kappa shape index (κ2) is 6.76. The minimum absolute atomic E-state index is 0.232. The molecule has 15 heavy (non-hydrogen) atoms. The Hall–Kier alpha value is -0.650. The molecule has 1 aliphatic rings. The average Bonchev–Trinajstić information content (AvgIpc) is 2.99. The van der Waals surface area contributed by atoms with E-state index in [1.54, 1.807) is 7.11 Å². The van der Waals surface area contributed by atoms with Crippen LogP contribution in [0.3, 0.4) is 0 Å². The number of carboxylic acid groups (broad SMARTS) is 1. The molecule has 1 fully saturated rings. The van der Waals surface area contributed by atoms with Gasteiger partial charge in [0.15, 0.2) is 0 Å². The van der Waals surface area contributed by atoms with Gasteiger partial charge < -0.3 is 14.6 Å². The standard InChI is InChI=1S/C10H19NO4/c1-14-5-2-6-15-7-9(10(12)13)11-8-3-4-8/h8-9,11H,2-7H2,1H3,(H,12,13). The number of aliphatic carboxylic acids is 1. The fourth-order valence-electron chi connectivity index (χ4n) is 1.23. The van der Waals surface area contributed by atoms with Crippen molar-refractivity contribution >= 4 is 5.97 Å². The summed E-state index contributed by atoms with van der Waals surface area (Å²) in [7, 11) is 1.63. The SMILES string of the molecule is COCCCOCC(NC1CC1)C(=O)O. The van der Waals surface area contributed by atoms with Gasteiger partial charge in [0.25, 0.3) is 0 Å². The van der Waals surface area contributed by atoms with Crippen LogP contribution in [-0.2, 0) is 14.3 Å². The Kier molecular flexibility index (Phi) is 5.60. The number of ether oxygens (including phenoxy) is 2. The molecular formula is C10H19NO4. The summed E-state index contributed by atoms with van der Waals surface area (Å²) in [5.74, 6) is -0.839. The molecule has 1 unspecified atom stereocenters. The van der Waals surface area contributed by atoms with Gasteiger partial charge in [0, 0.05) is 26.4 Å². The Morgan fingerprint density at radius 3 is 2.80 bits per heavy atom. The molecule has 1 atom stereocenters. The first-order valence-corrected chi connectivity index (χ1v) is 5.29. The third kappa shape index (κ3) is 5.71. The topological polar surface area (TPSA) is 67.8 Å². The van der Waals surface area contributed by atoms with Crippen LogP contribution in [0.4, 0.5) is 0 Å². The van der Waals surface area contributed by atoms with Crippen LogP contribution in [0.1, 0.15) is 19.3 Å². The molecule has 0 radical (unpaired) electrons. The molecule has 0 amide bonds. The summed E-state index contributed by atoms with van der Waals surface area (Å²) in [6, 6.07) is -0.186. The predicted molar refractivity (Wildman–Crippen MR) is 54.9 cm³/mol. The minimum atomic E-state index is -0.839. The smallest absolute Gasteiger partial charge is 0.323 e. The van der Waals surface area contributed by atoms with Crippen molar-refractivity contribution in [3.05, 3.63) is 0 Å². The highest BCUT2D eigenvalue weighted by Gasteiger charge is 2.28. The van der Waals surface area contributed by atoms with Gasteiger partial charge in [0.2, 0.25) is 0 Å². The maximum absolute atomic E-state index is 10.8. The van der Waals surface area contributed by atoms with Crippen LogP contribution in [0.15, 0.2) is 0 Å². The number of hydrogen-bond acceptors (Lipinski definition) is 4. The summed E-state index contributed by atoms with van der Waals surface area (Å²) >= 11 is 0. The van der Waals surface area contributed by atoms with Crippen molar-refractivity contribution in [3.63, 3.8) is 0 Å². The van der Waals surface area contributed by atoms with Crippen molar-refractivity contribution in [2.75, 3.05) is 26.9 Å². The zero-order valence-corrected chi connectivity index (χ0v) is 9.07. The predicted octanol–water partition coefficient (Wildman–Crippen LogP) is 0.245. The van der Waals surface area contributed by atoms with Crippen LogP contribution in [0.5, 0.6) is 0 Å². The summed E-state index contributed by atoms with van der Waals surface area (Å²) in [6.45, 7) is 1.42. The van der Waals surface area contributed by atoms with Gasteiger partial charge in [-0.15, -0.1) is 0 Å². The van der Waals surface area contributed by atoms with Crippen molar-refractivity contribution in [1.29, 1.82) is 0 Å². The monoisotopic (exact) mass is 217 g/mol. The molecule has 0 aromatic rings. The first-order chi connectivity index (χ1) is 7.24. The Bertz CT molecular complexity index is 194. The Morgan fingerprint density at radius 1 is 1.53 bits per heavy atom. The lowest BCUT2D eigenvalue weighted by Gasteiger charge is -2.13. The number of carbonyl (C=O) groups is 1. The summed E-state index contributed by atoms with van der Waals surface area (Å²) in [5.41, 5.74) is 0. The van der Waals surface area contributed by atoms with E-state index in [-0.39, 0.29) is 6.61 Å². The fourth-order valence-corrected chi connectivity index (χ4v) is 1.23. The zero-order chi connectivity index (χ0) is 11.1. The molecule has 0 spiro atoms. The first kappa shape index (κ1) is 12.4. The Morgan fingerprint density at radius 2 is 2.27 bits per heavy atom. The van der Waals surface area contributed by atoms with E-state index in [9.17, 15) is 4.79 Å². The fraction of sp³-hybridized carbons (Fsp3) is 0.900. The van der Waals surface area contributed by atoms with Crippen LogP contribution >= 0.6 is 0 Å². The van der Waals surface area contributed by atoms with Crippen molar-refractivity contribution < 1.29 is 19.4 Å². The molecule has 88 valence electrons. The second-order valence-electron chi connectivity index (χ2n) is 3.75. The van der Waals surface area contributed by atoms with Crippen molar-refractivity contribution in [2.45, 2.75) is 31.3 Å². The van der Waals surface area contributed by atoms with Gasteiger partial charge in [-0.1, -0.05) is 0 Å². The maximum atomic E-state index is 10.8. The normalized spacial score (nSPS) is 17.7. The van der Waals surface area contributed by atoms with Gasteiger partial charge >= 0.3 is 5.97 Å². The molecule has 1 rings (SSSR count). The quantitative estimate of drug-likeness (QED) is 0.542. The lowest BCUT2D eigenvalue weighted by atomic mass is 10.3. The minimum Gasteiger partial charge on any atom is -0.480 e. The van der Waals surface area contributed by atoms with Gasteiger partial charge in [0.05, 0.1) is 6.61 Å². The molecule has 1 saturated carbocycles. The van der Waals surface area contributed by atoms with Crippen LogP contribution < -0.4 is 5.32 Å². The van der Waals surface area contributed by atoms with Crippen LogP contribution in [-0.4, -0.2) is 50.1 Å². The molecule has 0 aromatic heterocycles. The largest absolute Gasteiger partial charge is 0.480 e. The van der Waals surface area contributed by atoms with Gasteiger partial charge in [-0.05, 0) is 19.3 Å². The van der Waals surface area contributed by atoms with Gasteiger partial charge in [0.1, 0.15) is 6.04 Å². The Labute approximate surface area is 89.8 Å². The maximum Gasteiger partial charge on any atom is 0.323 e. The van der Waals surface area contributed by atoms with Crippen molar-refractivity contribution in [1.82, 2.24) is 5.32 Å². The molecule has 0 aliphatic heterocycles. The van der Waals surface area contributed by atoms with Crippen LogP contribution in [0.25, 0.3) is 0 Å². The highest BCUT2D eigenvalue weighted by atomic mass is 16.5. The number of carboxylic acids is 1. The van der Waals surface area contributed by atoms with E-state index in [1.165, 1.54) is 0 Å². The van der Waals surface area contributed by atoms with E-state index >= 15 is 0 Å². The van der Waals surface area contributed by atoms with Gasteiger partial charge in [-0.2, -0.15) is 0 Å². The highest BCUT2D eigenvalue weighted by molar-refractivity contribution is 5.73. The molecule has 0 aromatic carbocycles. The Balaban J connectivity index is 2.05. The van der Waals surface area contributed by atoms with E-state index in [1.807, 2.05) is 0 Å². The van der Waals surface area contributed by atoms with Gasteiger partial charge in [-0.3, -0.25) is 10.1 Å². The zero-order valence-electron chi connectivity index (χ0n) is 9.07. The van der Waals surface area contributed by atoms with E-state index < -0.39 is 12.0 Å². The molecule has 0 heterocycles. The lowest BCUT2D eigenvalue weighted by molar-refractivity contribution is -0.141. The molecule has 5 heteroatoms.